The van der Waals surface area contributed by atoms with Crippen LogP contribution in [0.3, 0.4) is 0 Å². The van der Waals surface area contributed by atoms with Gasteiger partial charge in [0.25, 0.3) is 0 Å². The van der Waals surface area contributed by atoms with Crippen molar-refractivity contribution in [3.63, 3.8) is 0 Å². The van der Waals surface area contributed by atoms with Gasteiger partial charge in [-0.3, -0.25) is 4.79 Å². The third-order valence-electron chi connectivity index (χ3n) is 5.71. The normalized spacial score (nSPS) is 28.8. The number of fused-ring (bicyclic) bond motifs is 2. The zero-order valence-electron chi connectivity index (χ0n) is 17.7. The molecule has 0 aromatic rings. The van der Waals surface area contributed by atoms with Gasteiger partial charge < -0.3 is 15.1 Å². The van der Waals surface area contributed by atoms with Crippen molar-refractivity contribution < 1.29 is 4.79 Å². The van der Waals surface area contributed by atoms with Gasteiger partial charge in [0.15, 0.2) is 0 Å². The summed E-state index contributed by atoms with van der Waals surface area (Å²) in [7, 11) is 2.16. The monoisotopic (exact) mass is 359 g/mol. The van der Waals surface area contributed by atoms with Crippen LogP contribution in [0, 0.1) is 16.7 Å². The summed E-state index contributed by atoms with van der Waals surface area (Å²) in [6.07, 6.45) is 9.05. The number of piperidine rings is 1. The number of allylic oxidation sites excluding steroid dienone is 1. The minimum absolute atomic E-state index is 0.0543. The van der Waals surface area contributed by atoms with E-state index in [2.05, 4.69) is 76.0 Å². The second kappa shape index (κ2) is 6.61. The van der Waals surface area contributed by atoms with Crippen molar-refractivity contribution in [2.24, 2.45) is 16.7 Å². The van der Waals surface area contributed by atoms with Crippen LogP contribution < -0.4 is 5.32 Å². The second-order valence-electron chi connectivity index (χ2n) is 10.9. The van der Waals surface area contributed by atoms with Crippen molar-refractivity contribution in [3.05, 3.63) is 23.5 Å². The van der Waals surface area contributed by atoms with E-state index >= 15 is 0 Å². The Balaban J connectivity index is 1.71. The number of nitrogens with one attached hydrogen (secondary N) is 1. The molecule has 4 nitrogen and oxygen atoms in total. The molecule has 4 aliphatic rings. The first-order valence-corrected chi connectivity index (χ1v) is 10.1. The lowest BCUT2D eigenvalue weighted by Gasteiger charge is -2.45. The highest BCUT2D eigenvalue weighted by Crippen LogP contribution is 2.40. The van der Waals surface area contributed by atoms with Crippen LogP contribution in [0.4, 0.5) is 0 Å². The summed E-state index contributed by atoms with van der Waals surface area (Å²) < 4.78 is 0. The number of carbonyl (C=O) groups is 1. The first kappa shape index (κ1) is 19.3. The Hall–Kier alpha value is -1.45. The molecule has 4 heteroatoms. The smallest absolute Gasteiger partial charge is 0.223 e. The number of nitrogens with zero attached hydrogens (tertiary/aromatic N) is 2. The van der Waals surface area contributed by atoms with Crippen molar-refractivity contribution in [1.29, 1.82) is 0 Å². The third kappa shape index (κ3) is 4.27. The van der Waals surface area contributed by atoms with Crippen LogP contribution in [0.25, 0.3) is 0 Å². The average molecular weight is 360 g/mol. The molecule has 0 aromatic carbocycles. The summed E-state index contributed by atoms with van der Waals surface area (Å²) >= 11 is 0. The molecule has 1 aliphatic carbocycles. The molecule has 0 aromatic heterocycles. The number of carbonyl (C=O) groups excluding carboxylic acids is 1. The van der Waals surface area contributed by atoms with Crippen molar-refractivity contribution >= 4 is 5.91 Å². The van der Waals surface area contributed by atoms with Crippen molar-refractivity contribution in [1.82, 2.24) is 15.1 Å². The van der Waals surface area contributed by atoms with E-state index in [1.54, 1.807) is 0 Å². The number of rotatable bonds is 3. The molecule has 4 rings (SSSR count). The zero-order chi connectivity index (χ0) is 19.3. The average Bonchev–Trinajstić information content (AvgIpc) is 2.85. The molecule has 1 N–H and O–H groups in total. The number of hydrogen-bond donors (Lipinski definition) is 1. The molecule has 26 heavy (non-hydrogen) atoms. The van der Waals surface area contributed by atoms with E-state index in [0.717, 1.165) is 19.4 Å². The van der Waals surface area contributed by atoms with Gasteiger partial charge in [0.05, 0.1) is 17.9 Å². The van der Waals surface area contributed by atoms with Crippen LogP contribution in [0.1, 0.15) is 67.2 Å². The van der Waals surface area contributed by atoms with Gasteiger partial charge in [-0.05, 0) is 35.7 Å². The minimum atomic E-state index is 0.0543. The zero-order valence-corrected chi connectivity index (χ0v) is 17.7. The van der Waals surface area contributed by atoms with Crippen LogP contribution in [-0.4, -0.2) is 41.5 Å². The highest BCUT2D eigenvalue weighted by atomic mass is 16.2. The Bertz CT molecular complexity index is 620. The quantitative estimate of drug-likeness (QED) is 0.824. The lowest BCUT2D eigenvalue weighted by atomic mass is 9.78. The molecule has 1 amide bonds. The molecule has 0 spiro atoms. The van der Waals surface area contributed by atoms with Crippen molar-refractivity contribution in [2.75, 3.05) is 13.6 Å². The summed E-state index contributed by atoms with van der Waals surface area (Å²) in [6.45, 7) is 14.2. The van der Waals surface area contributed by atoms with Gasteiger partial charge in [-0.25, -0.2) is 0 Å². The Morgan fingerprint density at radius 3 is 2.38 bits per heavy atom. The summed E-state index contributed by atoms with van der Waals surface area (Å²) in [6, 6.07) is 0.277. The lowest BCUT2D eigenvalue weighted by molar-refractivity contribution is -0.137. The lowest BCUT2D eigenvalue weighted by Crippen LogP contribution is -2.51. The molecule has 146 valence electrons. The molecule has 3 atom stereocenters. The van der Waals surface area contributed by atoms with E-state index in [9.17, 15) is 4.79 Å². The third-order valence-corrected chi connectivity index (χ3v) is 5.71. The summed E-state index contributed by atoms with van der Waals surface area (Å²) in [5, 5.41) is 3.75. The number of hydrogen-bond acceptors (Lipinski definition) is 3. The van der Waals surface area contributed by atoms with Crippen LogP contribution in [0.2, 0.25) is 0 Å². The Labute approximate surface area is 159 Å². The first-order valence-electron chi connectivity index (χ1n) is 10.1. The molecule has 3 aliphatic heterocycles. The molecule has 0 radical (unpaired) electrons. The largest absolute Gasteiger partial charge is 0.364 e. The minimum Gasteiger partial charge on any atom is -0.364 e. The van der Waals surface area contributed by atoms with E-state index in [-0.39, 0.29) is 11.5 Å². The van der Waals surface area contributed by atoms with Gasteiger partial charge in [0, 0.05) is 32.1 Å². The predicted molar refractivity (Wildman–Crippen MR) is 107 cm³/mol. The molecular formula is C22H37N3O. The Morgan fingerprint density at radius 1 is 1.15 bits per heavy atom. The predicted octanol–water partition coefficient (Wildman–Crippen LogP) is 4.11. The molecule has 1 fully saturated rings. The van der Waals surface area contributed by atoms with Gasteiger partial charge in [0.2, 0.25) is 5.91 Å². The first-order chi connectivity index (χ1) is 11.9. The van der Waals surface area contributed by atoms with Gasteiger partial charge in [-0.2, -0.15) is 0 Å². The maximum atomic E-state index is 12.8. The Morgan fingerprint density at radius 2 is 1.85 bits per heavy atom. The second-order valence-corrected chi connectivity index (χ2v) is 10.9. The summed E-state index contributed by atoms with van der Waals surface area (Å²) in [4.78, 5) is 17.2. The fourth-order valence-electron chi connectivity index (χ4n) is 4.46. The topological polar surface area (TPSA) is 35.6 Å². The fraction of sp³-hybridized carbons (Fsp3) is 0.773. The molecule has 2 bridgehead atoms. The maximum absolute atomic E-state index is 12.8. The molecule has 0 saturated carbocycles. The van der Waals surface area contributed by atoms with Gasteiger partial charge in [-0.15, -0.1) is 0 Å². The molecule has 3 heterocycles. The summed E-state index contributed by atoms with van der Waals surface area (Å²) in [5.74, 6) is 0.794. The standard InChI is InChI=1S/C22H37N3O/c1-21(2,3)11-19-23-18(14-24(19)7)17-10-16-9-8-15(17)13-25(16)20(26)12-22(4,5)6/h10,14-16,19,23H,8-9,11-13H2,1-7H3. The molecule has 1 saturated heterocycles. The van der Waals surface area contributed by atoms with Crippen LogP contribution >= 0.6 is 0 Å². The van der Waals surface area contributed by atoms with E-state index in [1.807, 2.05) is 0 Å². The van der Waals surface area contributed by atoms with Gasteiger partial charge >= 0.3 is 0 Å². The van der Waals surface area contributed by atoms with Crippen LogP contribution in [-0.2, 0) is 4.79 Å². The molecular weight excluding hydrogens is 322 g/mol. The van der Waals surface area contributed by atoms with Gasteiger partial charge in [-0.1, -0.05) is 47.6 Å². The molecule has 3 unspecified atom stereocenters. The maximum Gasteiger partial charge on any atom is 0.223 e. The van der Waals surface area contributed by atoms with Crippen molar-refractivity contribution in [3.8, 4) is 0 Å². The van der Waals surface area contributed by atoms with Crippen LogP contribution in [0.15, 0.2) is 23.5 Å². The Kier molecular flexibility index (Phi) is 4.91. The fourth-order valence-corrected chi connectivity index (χ4v) is 4.46. The van der Waals surface area contributed by atoms with E-state index in [1.165, 1.54) is 17.7 Å². The number of amides is 1. The summed E-state index contributed by atoms with van der Waals surface area (Å²) in [5.41, 5.74) is 3.06. The van der Waals surface area contributed by atoms with E-state index < -0.39 is 0 Å². The van der Waals surface area contributed by atoms with E-state index in [0.29, 0.717) is 29.8 Å². The highest BCUT2D eigenvalue weighted by molar-refractivity contribution is 5.78. The highest BCUT2D eigenvalue weighted by Gasteiger charge is 2.40. The van der Waals surface area contributed by atoms with Crippen LogP contribution in [0.5, 0.6) is 0 Å². The van der Waals surface area contributed by atoms with E-state index in [4.69, 9.17) is 0 Å². The SMILES string of the molecule is CN1C=C(C2=CC3CCC2CN3C(=O)CC(C)(C)C)NC1CC(C)(C)C. The van der Waals surface area contributed by atoms with Crippen molar-refractivity contribution in [2.45, 2.75) is 79.4 Å². The van der Waals surface area contributed by atoms with Gasteiger partial charge in [0.1, 0.15) is 0 Å².